The molecule has 1 atom stereocenters. The zero-order chi connectivity index (χ0) is 15.7. The second-order valence-electron chi connectivity index (χ2n) is 6.02. The molecule has 0 spiro atoms. The lowest BCUT2D eigenvalue weighted by atomic mass is 9.87. The van der Waals surface area contributed by atoms with Crippen LogP contribution in [-0.2, 0) is 10.0 Å². The van der Waals surface area contributed by atoms with Crippen molar-refractivity contribution in [2.24, 2.45) is 5.41 Å². The summed E-state index contributed by atoms with van der Waals surface area (Å²) in [5, 5.41) is 9.54. The summed E-state index contributed by atoms with van der Waals surface area (Å²) in [4.78, 5) is 0.216. The normalized spacial score (nSPS) is 14.6. The van der Waals surface area contributed by atoms with E-state index in [9.17, 15) is 13.5 Å². The SMILES string of the molecule is Cc1ccc(S(=O)(=O)N(C)C(CO)C(C)(C)C)c(Br)c1. The topological polar surface area (TPSA) is 57.6 Å². The Morgan fingerprint density at radius 1 is 1.35 bits per heavy atom. The number of hydrogen-bond acceptors (Lipinski definition) is 3. The van der Waals surface area contributed by atoms with E-state index in [1.165, 1.54) is 11.4 Å². The summed E-state index contributed by atoms with van der Waals surface area (Å²) in [5.74, 6) is 0. The molecule has 20 heavy (non-hydrogen) atoms. The molecule has 0 heterocycles. The Kier molecular flexibility index (Phi) is 5.40. The van der Waals surface area contributed by atoms with Crippen LogP contribution in [0.3, 0.4) is 0 Å². The number of hydrogen-bond donors (Lipinski definition) is 1. The van der Waals surface area contributed by atoms with Crippen LogP contribution in [0.1, 0.15) is 26.3 Å². The Balaban J connectivity index is 3.28. The minimum absolute atomic E-state index is 0.216. The van der Waals surface area contributed by atoms with Crippen molar-refractivity contribution < 1.29 is 13.5 Å². The highest BCUT2D eigenvalue weighted by Crippen LogP contribution is 2.31. The minimum atomic E-state index is -3.65. The third-order valence-electron chi connectivity index (χ3n) is 3.36. The maximum Gasteiger partial charge on any atom is 0.244 e. The number of rotatable bonds is 4. The predicted octanol–water partition coefficient (Wildman–Crippen LogP) is 2.79. The molecule has 0 aromatic heterocycles. The van der Waals surface area contributed by atoms with E-state index < -0.39 is 16.1 Å². The van der Waals surface area contributed by atoms with Crippen molar-refractivity contribution in [1.29, 1.82) is 0 Å². The van der Waals surface area contributed by atoms with Crippen molar-refractivity contribution in [2.75, 3.05) is 13.7 Å². The molecule has 1 rings (SSSR count). The lowest BCUT2D eigenvalue weighted by Gasteiger charge is -2.36. The van der Waals surface area contributed by atoms with Gasteiger partial charge in [-0.25, -0.2) is 8.42 Å². The summed E-state index contributed by atoms with van der Waals surface area (Å²) >= 11 is 3.30. The van der Waals surface area contributed by atoms with Crippen LogP contribution in [0.15, 0.2) is 27.6 Å². The Bertz CT molecular complexity index is 579. The smallest absolute Gasteiger partial charge is 0.244 e. The van der Waals surface area contributed by atoms with Gasteiger partial charge in [0, 0.05) is 11.5 Å². The average Bonchev–Trinajstić information content (AvgIpc) is 2.27. The predicted molar refractivity (Wildman–Crippen MR) is 84.2 cm³/mol. The van der Waals surface area contributed by atoms with Crippen LogP contribution in [0.2, 0.25) is 0 Å². The van der Waals surface area contributed by atoms with Crippen molar-refractivity contribution in [3.63, 3.8) is 0 Å². The van der Waals surface area contributed by atoms with Crippen molar-refractivity contribution in [3.8, 4) is 0 Å². The maximum absolute atomic E-state index is 12.7. The van der Waals surface area contributed by atoms with Crippen LogP contribution in [0, 0.1) is 12.3 Å². The van der Waals surface area contributed by atoms with Gasteiger partial charge in [-0.15, -0.1) is 0 Å². The monoisotopic (exact) mass is 363 g/mol. The Morgan fingerprint density at radius 2 is 1.90 bits per heavy atom. The molecule has 0 saturated carbocycles. The van der Waals surface area contributed by atoms with Crippen LogP contribution in [0.5, 0.6) is 0 Å². The molecule has 1 unspecified atom stereocenters. The molecule has 1 N–H and O–H groups in total. The van der Waals surface area contributed by atoms with Crippen LogP contribution >= 0.6 is 15.9 Å². The van der Waals surface area contributed by atoms with E-state index in [2.05, 4.69) is 15.9 Å². The second kappa shape index (κ2) is 6.13. The molecule has 0 amide bonds. The molecule has 0 aliphatic heterocycles. The van der Waals surface area contributed by atoms with E-state index in [4.69, 9.17) is 0 Å². The molecule has 0 bridgehead atoms. The van der Waals surface area contributed by atoms with E-state index in [0.717, 1.165) is 5.56 Å². The molecule has 4 nitrogen and oxygen atoms in total. The van der Waals surface area contributed by atoms with Gasteiger partial charge in [0.25, 0.3) is 0 Å². The third kappa shape index (κ3) is 3.61. The summed E-state index contributed by atoms with van der Waals surface area (Å²) in [5.41, 5.74) is 0.626. The van der Waals surface area contributed by atoms with Gasteiger partial charge in [-0.05, 0) is 46.0 Å². The number of halogens is 1. The summed E-state index contributed by atoms with van der Waals surface area (Å²) in [6, 6.07) is 4.63. The van der Waals surface area contributed by atoms with Crippen LogP contribution in [0.25, 0.3) is 0 Å². The summed E-state index contributed by atoms with van der Waals surface area (Å²) < 4.78 is 27.2. The van der Waals surface area contributed by atoms with Gasteiger partial charge in [0.15, 0.2) is 0 Å². The first-order valence-corrected chi connectivity index (χ1v) is 8.60. The van der Waals surface area contributed by atoms with Gasteiger partial charge >= 0.3 is 0 Å². The Labute approximate surface area is 130 Å². The standard InChI is InChI=1S/C14H22BrNO3S/c1-10-6-7-12(11(15)8-10)20(18,19)16(5)13(9-17)14(2,3)4/h6-8,13,17H,9H2,1-5H3. The number of aryl methyl sites for hydroxylation is 1. The van der Waals surface area contributed by atoms with Crippen molar-refractivity contribution in [1.82, 2.24) is 4.31 Å². The molecule has 1 aromatic carbocycles. The molecule has 6 heteroatoms. The maximum atomic E-state index is 12.7. The average molecular weight is 364 g/mol. The van der Waals surface area contributed by atoms with Crippen LogP contribution in [-0.4, -0.2) is 37.5 Å². The molecular formula is C14H22BrNO3S. The van der Waals surface area contributed by atoms with Gasteiger partial charge in [-0.1, -0.05) is 26.8 Å². The lowest BCUT2D eigenvalue weighted by molar-refractivity contribution is 0.115. The van der Waals surface area contributed by atoms with Gasteiger partial charge in [0.1, 0.15) is 0 Å². The minimum Gasteiger partial charge on any atom is -0.395 e. The first-order valence-electron chi connectivity index (χ1n) is 6.37. The van der Waals surface area contributed by atoms with Gasteiger partial charge in [0.2, 0.25) is 10.0 Å². The highest BCUT2D eigenvalue weighted by Gasteiger charge is 2.35. The number of benzene rings is 1. The van der Waals surface area contributed by atoms with Gasteiger partial charge in [-0.2, -0.15) is 4.31 Å². The van der Waals surface area contributed by atoms with E-state index in [0.29, 0.717) is 4.47 Å². The fourth-order valence-electron chi connectivity index (χ4n) is 2.07. The fraction of sp³-hybridized carbons (Fsp3) is 0.571. The fourth-order valence-corrected chi connectivity index (χ4v) is 4.75. The first kappa shape index (κ1) is 17.6. The lowest BCUT2D eigenvalue weighted by Crippen LogP contribution is -2.47. The molecule has 0 radical (unpaired) electrons. The van der Waals surface area contributed by atoms with Gasteiger partial charge < -0.3 is 5.11 Å². The molecule has 114 valence electrons. The quantitative estimate of drug-likeness (QED) is 0.894. The highest BCUT2D eigenvalue weighted by atomic mass is 79.9. The molecule has 0 saturated heterocycles. The van der Waals surface area contributed by atoms with E-state index >= 15 is 0 Å². The molecular weight excluding hydrogens is 342 g/mol. The van der Waals surface area contributed by atoms with Gasteiger partial charge in [-0.3, -0.25) is 0 Å². The number of aliphatic hydroxyl groups excluding tert-OH is 1. The van der Waals surface area contributed by atoms with Crippen molar-refractivity contribution >= 4 is 26.0 Å². The molecule has 0 aliphatic rings. The van der Waals surface area contributed by atoms with E-state index in [1.54, 1.807) is 18.2 Å². The molecule has 1 aromatic rings. The zero-order valence-corrected chi connectivity index (χ0v) is 14.9. The van der Waals surface area contributed by atoms with E-state index in [1.807, 2.05) is 27.7 Å². The number of nitrogens with zero attached hydrogens (tertiary/aromatic N) is 1. The number of sulfonamides is 1. The summed E-state index contributed by atoms with van der Waals surface area (Å²) in [6.07, 6.45) is 0. The second-order valence-corrected chi connectivity index (χ2v) is 8.84. The Morgan fingerprint density at radius 3 is 2.30 bits per heavy atom. The van der Waals surface area contributed by atoms with Gasteiger partial charge in [0.05, 0.1) is 17.5 Å². The van der Waals surface area contributed by atoms with E-state index in [-0.39, 0.29) is 16.9 Å². The zero-order valence-electron chi connectivity index (χ0n) is 12.5. The first-order chi connectivity index (χ1) is 9.01. The van der Waals surface area contributed by atoms with Crippen LogP contribution in [0.4, 0.5) is 0 Å². The Hall–Kier alpha value is -0.430. The number of aliphatic hydroxyl groups is 1. The third-order valence-corrected chi connectivity index (χ3v) is 6.20. The summed E-state index contributed by atoms with van der Waals surface area (Å²) in [6.45, 7) is 7.40. The molecule has 0 fully saturated rings. The van der Waals surface area contributed by atoms with Crippen molar-refractivity contribution in [3.05, 3.63) is 28.2 Å². The molecule has 0 aliphatic carbocycles. The highest BCUT2D eigenvalue weighted by molar-refractivity contribution is 9.10. The number of likely N-dealkylation sites (N-methyl/N-ethyl adjacent to an activating group) is 1. The van der Waals surface area contributed by atoms with Crippen molar-refractivity contribution in [2.45, 2.75) is 38.6 Å². The largest absolute Gasteiger partial charge is 0.395 e. The van der Waals surface area contributed by atoms with Crippen LogP contribution < -0.4 is 0 Å². The summed E-state index contributed by atoms with van der Waals surface area (Å²) in [7, 11) is -2.15.